The average molecular weight is 472 g/mol. The Balaban J connectivity index is 1.85. The van der Waals surface area contributed by atoms with Crippen molar-refractivity contribution in [3.63, 3.8) is 0 Å². The van der Waals surface area contributed by atoms with Crippen LogP contribution in [0.1, 0.15) is 42.0 Å². The highest BCUT2D eigenvalue weighted by Crippen LogP contribution is 2.25. The van der Waals surface area contributed by atoms with E-state index in [1.165, 1.54) is 28.3 Å². The number of carbonyl (C=O) groups excluding carboxylic acids is 1. The quantitative estimate of drug-likeness (QED) is 0.361. The fraction of sp³-hybridized carbons (Fsp3) is 0.320. The van der Waals surface area contributed by atoms with Crippen LogP contribution in [0.4, 0.5) is 0 Å². The Kier molecular flexibility index (Phi) is 8.61. The van der Waals surface area contributed by atoms with E-state index in [1.54, 1.807) is 17.5 Å². The van der Waals surface area contributed by atoms with E-state index in [0.29, 0.717) is 4.21 Å². The molecule has 3 aromatic rings. The number of thiophene rings is 1. The fourth-order valence-corrected chi connectivity index (χ4v) is 6.00. The zero-order chi connectivity index (χ0) is 23.0. The van der Waals surface area contributed by atoms with Crippen molar-refractivity contribution >= 4 is 27.3 Å². The van der Waals surface area contributed by atoms with Crippen molar-refractivity contribution in [2.45, 2.75) is 49.9 Å². The molecule has 0 saturated carbocycles. The summed E-state index contributed by atoms with van der Waals surface area (Å²) in [5, 5.41) is 1.77. The van der Waals surface area contributed by atoms with Crippen LogP contribution in [0.5, 0.6) is 0 Å². The highest BCUT2D eigenvalue weighted by Gasteiger charge is 2.26. The van der Waals surface area contributed by atoms with Gasteiger partial charge in [0.1, 0.15) is 4.21 Å². The second kappa shape index (κ2) is 11.4. The Bertz CT molecular complexity index is 1110. The van der Waals surface area contributed by atoms with Crippen LogP contribution in [0.25, 0.3) is 0 Å². The van der Waals surface area contributed by atoms with Gasteiger partial charge in [-0.05, 0) is 46.5 Å². The van der Waals surface area contributed by atoms with E-state index in [9.17, 15) is 13.2 Å². The first-order valence-corrected chi connectivity index (χ1v) is 13.0. The normalized spacial score (nSPS) is 11.6. The summed E-state index contributed by atoms with van der Waals surface area (Å²) in [5.41, 5.74) is 3.82. The lowest BCUT2D eigenvalue weighted by Gasteiger charge is -2.22. The van der Waals surface area contributed by atoms with Gasteiger partial charge < -0.3 is 4.74 Å². The van der Waals surface area contributed by atoms with Gasteiger partial charge in [-0.2, -0.15) is 4.31 Å². The van der Waals surface area contributed by atoms with Crippen molar-refractivity contribution in [1.29, 1.82) is 0 Å². The summed E-state index contributed by atoms with van der Waals surface area (Å²) in [6, 6.07) is 19.0. The van der Waals surface area contributed by atoms with Gasteiger partial charge in [-0.15, -0.1) is 11.3 Å². The van der Waals surface area contributed by atoms with E-state index < -0.39 is 10.0 Å². The molecule has 170 valence electrons. The van der Waals surface area contributed by atoms with Crippen LogP contribution in [0.15, 0.2) is 70.3 Å². The maximum absolute atomic E-state index is 13.4. The predicted molar refractivity (Wildman–Crippen MR) is 128 cm³/mol. The van der Waals surface area contributed by atoms with Gasteiger partial charge in [0.15, 0.2) is 0 Å². The van der Waals surface area contributed by atoms with Gasteiger partial charge in [0, 0.05) is 13.1 Å². The number of aryl methyl sites for hydroxylation is 1. The van der Waals surface area contributed by atoms with Gasteiger partial charge in [-0.25, -0.2) is 8.42 Å². The lowest BCUT2D eigenvalue weighted by Crippen LogP contribution is -2.29. The highest BCUT2D eigenvalue weighted by molar-refractivity contribution is 7.91. The Labute approximate surface area is 194 Å². The molecule has 0 aliphatic carbocycles. The van der Waals surface area contributed by atoms with Crippen molar-refractivity contribution in [3.05, 3.63) is 88.3 Å². The number of sulfonamides is 1. The molecule has 0 unspecified atom stereocenters. The molecule has 0 saturated heterocycles. The molecule has 1 aromatic heterocycles. The van der Waals surface area contributed by atoms with E-state index >= 15 is 0 Å². The van der Waals surface area contributed by atoms with E-state index in [4.69, 9.17) is 4.74 Å². The fourth-order valence-electron chi connectivity index (χ4n) is 3.44. The molecule has 2 aromatic carbocycles. The van der Waals surface area contributed by atoms with E-state index in [2.05, 4.69) is 19.1 Å². The molecular weight excluding hydrogens is 442 g/mol. The van der Waals surface area contributed by atoms with Crippen LogP contribution >= 0.6 is 11.3 Å². The Morgan fingerprint density at radius 2 is 1.62 bits per heavy atom. The van der Waals surface area contributed by atoms with Crippen molar-refractivity contribution in [2.24, 2.45) is 0 Å². The number of nitrogens with zero attached hydrogens (tertiary/aromatic N) is 1. The lowest BCUT2D eigenvalue weighted by molar-refractivity contribution is -0.139. The van der Waals surface area contributed by atoms with E-state index in [-0.39, 0.29) is 25.5 Å². The first-order chi connectivity index (χ1) is 15.4. The summed E-state index contributed by atoms with van der Waals surface area (Å²) < 4.78 is 33.3. The van der Waals surface area contributed by atoms with Crippen molar-refractivity contribution < 1.29 is 17.9 Å². The van der Waals surface area contributed by atoms with Crippen LogP contribution < -0.4 is 0 Å². The summed E-state index contributed by atoms with van der Waals surface area (Å²) in [7, 11) is -2.30. The average Bonchev–Trinajstić information content (AvgIpc) is 3.34. The maximum Gasteiger partial charge on any atom is 0.309 e. The summed E-state index contributed by atoms with van der Waals surface area (Å²) >= 11 is 1.21. The molecule has 5 nitrogen and oxygen atoms in total. The molecule has 3 rings (SSSR count). The smallest absolute Gasteiger partial charge is 0.309 e. The summed E-state index contributed by atoms with van der Waals surface area (Å²) in [6.45, 7) is 2.66. The molecule has 7 heteroatoms. The Hall–Kier alpha value is -2.48. The summed E-state index contributed by atoms with van der Waals surface area (Å²) in [5.74, 6) is -0.326. The van der Waals surface area contributed by atoms with E-state index in [1.807, 2.05) is 36.4 Å². The molecule has 0 radical (unpaired) electrons. The van der Waals surface area contributed by atoms with Gasteiger partial charge in [0.25, 0.3) is 10.0 Å². The van der Waals surface area contributed by atoms with Gasteiger partial charge in [0.2, 0.25) is 0 Å². The highest BCUT2D eigenvalue weighted by atomic mass is 32.2. The van der Waals surface area contributed by atoms with Crippen LogP contribution in [0.2, 0.25) is 0 Å². The standard InChI is InChI=1S/C25H29NO4S2/c1-3-4-7-20-11-13-21(14-12-20)18-26(32(28,29)25-10-6-15-31-25)19-23-9-5-8-22(16-23)17-24(27)30-2/h5-6,8-16H,3-4,7,17-19H2,1-2H3. The topological polar surface area (TPSA) is 63.7 Å². The lowest BCUT2D eigenvalue weighted by atomic mass is 10.1. The molecule has 0 amide bonds. The largest absolute Gasteiger partial charge is 0.469 e. The maximum atomic E-state index is 13.4. The van der Waals surface area contributed by atoms with Gasteiger partial charge >= 0.3 is 5.97 Å². The number of esters is 1. The molecule has 0 aliphatic rings. The van der Waals surface area contributed by atoms with Gasteiger partial charge in [0.05, 0.1) is 13.5 Å². The third-order valence-electron chi connectivity index (χ3n) is 5.22. The van der Waals surface area contributed by atoms with Gasteiger partial charge in [-0.3, -0.25) is 4.79 Å². The number of hydrogen-bond donors (Lipinski definition) is 0. The number of rotatable bonds is 11. The third kappa shape index (κ3) is 6.51. The predicted octanol–water partition coefficient (Wildman–Crippen LogP) is 5.20. The van der Waals surface area contributed by atoms with Crippen LogP contribution in [0, 0.1) is 0 Å². The molecule has 0 N–H and O–H groups in total. The van der Waals surface area contributed by atoms with Crippen molar-refractivity contribution in [3.8, 4) is 0 Å². The van der Waals surface area contributed by atoms with Crippen molar-refractivity contribution in [2.75, 3.05) is 7.11 Å². The zero-order valence-electron chi connectivity index (χ0n) is 18.5. The first kappa shape index (κ1) is 24.2. The number of methoxy groups -OCH3 is 1. The molecule has 1 heterocycles. The molecule has 0 spiro atoms. The second-order valence-electron chi connectivity index (χ2n) is 7.70. The second-order valence-corrected chi connectivity index (χ2v) is 10.8. The minimum Gasteiger partial charge on any atom is -0.469 e. The van der Waals surface area contributed by atoms with Crippen molar-refractivity contribution in [1.82, 2.24) is 4.31 Å². The number of ether oxygens (including phenoxy) is 1. The van der Waals surface area contributed by atoms with Crippen LogP contribution in [-0.2, 0) is 45.5 Å². The number of benzene rings is 2. The number of hydrogen-bond acceptors (Lipinski definition) is 5. The minimum atomic E-state index is -3.66. The van der Waals surface area contributed by atoms with E-state index in [0.717, 1.165) is 36.0 Å². The first-order valence-electron chi connectivity index (χ1n) is 10.7. The molecule has 0 fully saturated rings. The molecule has 0 bridgehead atoms. The zero-order valence-corrected chi connectivity index (χ0v) is 20.1. The SMILES string of the molecule is CCCCc1ccc(CN(Cc2cccc(CC(=O)OC)c2)S(=O)(=O)c2cccs2)cc1. The summed E-state index contributed by atoms with van der Waals surface area (Å²) in [6.07, 6.45) is 3.46. The van der Waals surface area contributed by atoms with Crippen LogP contribution in [-0.4, -0.2) is 25.8 Å². The Morgan fingerprint density at radius 1 is 0.938 bits per heavy atom. The Morgan fingerprint density at radius 3 is 2.28 bits per heavy atom. The number of carbonyl (C=O) groups is 1. The molecule has 0 aliphatic heterocycles. The molecule has 0 atom stereocenters. The molecular formula is C25H29NO4S2. The number of unbranched alkanes of at least 4 members (excludes halogenated alkanes) is 1. The monoisotopic (exact) mass is 471 g/mol. The van der Waals surface area contributed by atoms with Gasteiger partial charge in [-0.1, -0.05) is 67.9 Å². The molecule has 32 heavy (non-hydrogen) atoms. The minimum absolute atomic E-state index is 0.154. The summed E-state index contributed by atoms with van der Waals surface area (Å²) in [4.78, 5) is 11.6. The van der Waals surface area contributed by atoms with Crippen LogP contribution in [0.3, 0.4) is 0 Å². The third-order valence-corrected chi connectivity index (χ3v) is 8.38.